The van der Waals surface area contributed by atoms with Gasteiger partial charge in [0.2, 0.25) is 5.91 Å². The van der Waals surface area contributed by atoms with Crippen LogP contribution in [0.5, 0.6) is 0 Å². The van der Waals surface area contributed by atoms with Crippen LogP contribution in [0, 0.1) is 0 Å². The van der Waals surface area contributed by atoms with E-state index in [1.165, 1.54) is 122 Å². The van der Waals surface area contributed by atoms with Crippen molar-refractivity contribution >= 4 is 19.7 Å². The van der Waals surface area contributed by atoms with Gasteiger partial charge in [0.25, 0.3) is 7.82 Å². The topological polar surface area (TPSA) is 114 Å². The van der Waals surface area contributed by atoms with Gasteiger partial charge in [-0.1, -0.05) is 228 Å². The predicted octanol–water partition coefficient (Wildman–Crippen LogP) is 18.4. The molecule has 0 aromatic carbocycles. The maximum atomic E-state index is 13.5. The van der Waals surface area contributed by atoms with E-state index in [-0.39, 0.29) is 31.3 Å². The first-order valence-corrected chi connectivity index (χ1v) is 32.4. The van der Waals surface area contributed by atoms with Crippen LogP contribution in [0.4, 0.5) is 0 Å². The van der Waals surface area contributed by atoms with Crippen LogP contribution >= 0.6 is 7.82 Å². The summed E-state index contributed by atoms with van der Waals surface area (Å²) in [5, 5.41) is 3.01. The molecule has 0 aromatic heterocycles. The normalized spacial score (nSPS) is 14.3. The largest absolute Gasteiger partial charge is 0.756 e. The number of amides is 1. The molecule has 0 aromatic rings. The molecule has 0 aliphatic rings. The Bertz CT molecular complexity index is 1560. The molecule has 75 heavy (non-hydrogen) atoms. The Kier molecular flexibility index (Phi) is 52.5. The number of likely N-dealkylation sites (N-methyl/N-ethyl adjacent to an activating group) is 1. The lowest BCUT2D eigenvalue weighted by atomic mass is 10.1. The van der Waals surface area contributed by atoms with Crippen molar-refractivity contribution in [3.05, 3.63) is 85.1 Å². The standard InChI is InChI=1S/C65H117N2O7P/c1-7-10-13-16-19-22-25-27-29-31-32-33-34-36-38-40-43-46-49-52-55-58-65(69)74-63(56-53-50-47-44-41-24-21-18-15-12-9-3)62(61-73-75(70,71)72-60-59-67(4,5)6)66-64(68)57-54-51-48-45-42-39-37-35-30-28-26-23-20-17-14-11-8-2/h19-20,22-23,27-30,32-33,37,39,53,56,62-63H,7-18,21,24-26,31,34-36,38,40-52,54-55,57-61H2,1-6H3,(H-,66,68,70,71)/b22-19-,23-20-,29-27-,30-28-,33-32-,39-37-,56-53+. The zero-order valence-corrected chi connectivity index (χ0v) is 50.4. The number of hydrogen-bond donors (Lipinski definition) is 1. The van der Waals surface area contributed by atoms with Gasteiger partial charge in [-0.2, -0.15) is 0 Å². The number of esters is 1. The molecule has 3 unspecified atom stereocenters. The summed E-state index contributed by atoms with van der Waals surface area (Å²) in [5.41, 5.74) is 0. The third-order valence-electron chi connectivity index (χ3n) is 13.3. The third kappa shape index (κ3) is 55.7. The summed E-state index contributed by atoms with van der Waals surface area (Å²) in [7, 11) is 1.16. The summed E-state index contributed by atoms with van der Waals surface area (Å²) in [6.07, 6.45) is 71.2. The number of allylic oxidation sites excluding steroid dienone is 13. The lowest BCUT2D eigenvalue weighted by molar-refractivity contribution is -0.870. The van der Waals surface area contributed by atoms with Crippen molar-refractivity contribution in [2.24, 2.45) is 0 Å². The highest BCUT2D eigenvalue weighted by molar-refractivity contribution is 7.45. The Morgan fingerprint density at radius 1 is 0.467 bits per heavy atom. The molecule has 3 atom stereocenters. The number of carbonyl (C=O) groups is 2. The van der Waals surface area contributed by atoms with E-state index in [4.69, 9.17) is 13.8 Å². The van der Waals surface area contributed by atoms with Gasteiger partial charge in [0.05, 0.1) is 33.8 Å². The highest BCUT2D eigenvalue weighted by Crippen LogP contribution is 2.38. The van der Waals surface area contributed by atoms with Gasteiger partial charge >= 0.3 is 5.97 Å². The van der Waals surface area contributed by atoms with Gasteiger partial charge in [0.15, 0.2) is 0 Å². The number of hydrogen-bond acceptors (Lipinski definition) is 7. The lowest BCUT2D eigenvalue weighted by Crippen LogP contribution is -2.47. The number of nitrogens with one attached hydrogen (secondary N) is 1. The molecule has 0 heterocycles. The maximum Gasteiger partial charge on any atom is 0.306 e. The Balaban J connectivity index is 5.27. The molecule has 10 heteroatoms. The zero-order valence-electron chi connectivity index (χ0n) is 49.5. The highest BCUT2D eigenvalue weighted by atomic mass is 31.2. The smallest absolute Gasteiger partial charge is 0.306 e. The number of phosphoric ester groups is 1. The first kappa shape index (κ1) is 72.2. The average molecular weight is 1070 g/mol. The van der Waals surface area contributed by atoms with E-state index in [0.717, 1.165) is 103 Å². The molecule has 0 aliphatic heterocycles. The number of rotatable bonds is 55. The summed E-state index contributed by atoms with van der Waals surface area (Å²) < 4.78 is 30.3. The molecule has 0 saturated carbocycles. The molecule has 9 nitrogen and oxygen atoms in total. The Morgan fingerprint density at radius 3 is 1.24 bits per heavy atom. The molecule has 1 amide bonds. The third-order valence-corrected chi connectivity index (χ3v) is 14.3. The van der Waals surface area contributed by atoms with Crippen molar-refractivity contribution in [3.8, 4) is 0 Å². The SMILES string of the molecule is CCCCC/C=C\C/C=C\C/C=C\CCCCCCCCCCC(=O)OC(/C=C/CCCCCCCCCCC)C(COP(=O)([O-])OCC[N+](C)(C)C)NC(=O)CCCCCC/C=C\C/C=C\C/C=C\CCCCC. The van der Waals surface area contributed by atoms with Gasteiger partial charge in [-0.3, -0.25) is 14.2 Å². The molecule has 0 rings (SSSR count). The van der Waals surface area contributed by atoms with Crippen LogP contribution < -0.4 is 10.2 Å². The van der Waals surface area contributed by atoms with Crippen LogP contribution in [-0.4, -0.2) is 69.4 Å². The number of ether oxygens (including phenoxy) is 1. The van der Waals surface area contributed by atoms with Crippen molar-refractivity contribution in [1.29, 1.82) is 0 Å². The first-order valence-electron chi connectivity index (χ1n) is 30.9. The molecule has 434 valence electrons. The fourth-order valence-corrected chi connectivity index (χ4v) is 9.20. The number of unbranched alkanes of at least 4 members (excludes halogenated alkanes) is 27. The molecule has 0 spiro atoms. The fourth-order valence-electron chi connectivity index (χ4n) is 8.48. The number of nitrogens with zero attached hydrogens (tertiary/aromatic N) is 1. The molecule has 0 fully saturated rings. The van der Waals surface area contributed by atoms with Crippen LogP contribution in [0.25, 0.3) is 0 Å². The molecule has 0 saturated heterocycles. The second kappa shape index (κ2) is 54.5. The van der Waals surface area contributed by atoms with Gasteiger partial charge in [-0.25, -0.2) is 0 Å². The second-order valence-electron chi connectivity index (χ2n) is 21.8. The molecular weight excluding hydrogens is 952 g/mol. The van der Waals surface area contributed by atoms with E-state index < -0.39 is 26.6 Å². The molecule has 0 radical (unpaired) electrons. The van der Waals surface area contributed by atoms with Gasteiger partial charge in [0.1, 0.15) is 19.3 Å². The van der Waals surface area contributed by atoms with E-state index in [1.54, 1.807) is 0 Å². The summed E-state index contributed by atoms with van der Waals surface area (Å²) >= 11 is 0. The number of carbonyl (C=O) groups excluding carboxylic acids is 2. The van der Waals surface area contributed by atoms with Crippen LogP contribution in [0.3, 0.4) is 0 Å². The summed E-state index contributed by atoms with van der Waals surface area (Å²) in [6, 6.07) is -0.907. The van der Waals surface area contributed by atoms with E-state index >= 15 is 0 Å². The minimum Gasteiger partial charge on any atom is -0.756 e. The van der Waals surface area contributed by atoms with Gasteiger partial charge in [-0.15, -0.1) is 0 Å². The lowest BCUT2D eigenvalue weighted by Gasteiger charge is -2.30. The average Bonchev–Trinajstić information content (AvgIpc) is 3.37. The van der Waals surface area contributed by atoms with Crippen molar-refractivity contribution in [2.75, 3.05) is 40.9 Å². The maximum absolute atomic E-state index is 13.5. The van der Waals surface area contributed by atoms with Crippen LogP contribution in [0.15, 0.2) is 85.1 Å². The number of phosphoric acid groups is 1. The van der Waals surface area contributed by atoms with E-state index in [1.807, 2.05) is 33.3 Å². The Morgan fingerprint density at radius 2 is 0.813 bits per heavy atom. The molecule has 0 bridgehead atoms. The Hall–Kier alpha value is -2.81. The van der Waals surface area contributed by atoms with E-state index in [2.05, 4.69) is 99.0 Å². The predicted molar refractivity (Wildman–Crippen MR) is 321 cm³/mol. The van der Waals surface area contributed by atoms with Crippen LogP contribution in [-0.2, 0) is 27.9 Å². The van der Waals surface area contributed by atoms with E-state index in [9.17, 15) is 19.0 Å². The highest BCUT2D eigenvalue weighted by Gasteiger charge is 2.27. The van der Waals surface area contributed by atoms with Crippen LogP contribution in [0.2, 0.25) is 0 Å². The number of quaternary nitrogens is 1. The quantitative estimate of drug-likeness (QED) is 0.0212. The van der Waals surface area contributed by atoms with Crippen LogP contribution in [0.1, 0.15) is 265 Å². The minimum atomic E-state index is -4.71. The van der Waals surface area contributed by atoms with Crippen molar-refractivity contribution in [2.45, 2.75) is 277 Å². The summed E-state index contributed by atoms with van der Waals surface area (Å²) in [5.74, 6) is -0.576. The van der Waals surface area contributed by atoms with Gasteiger partial charge in [0, 0.05) is 12.8 Å². The monoisotopic (exact) mass is 1070 g/mol. The summed E-state index contributed by atoms with van der Waals surface area (Å²) in [4.78, 5) is 39.9. The summed E-state index contributed by atoms with van der Waals surface area (Å²) in [6.45, 7) is 6.76. The fraction of sp³-hybridized carbons (Fsp3) is 0.754. The van der Waals surface area contributed by atoms with Crippen molar-refractivity contribution < 1.29 is 37.3 Å². The Labute approximate surface area is 463 Å². The molecule has 0 aliphatic carbocycles. The van der Waals surface area contributed by atoms with Gasteiger partial charge < -0.3 is 28.5 Å². The van der Waals surface area contributed by atoms with Gasteiger partial charge in [-0.05, 0) is 109 Å². The minimum absolute atomic E-state index is 0.0316. The first-order chi connectivity index (χ1) is 36.4. The van der Waals surface area contributed by atoms with Crippen molar-refractivity contribution in [1.82, 2.24) is 5.32 Å². The zero-order chi connectivity index (χ0) is 55.0. The van der Waals surface area contributed by atoms with E-state index in [0.29, 0.717) is 17.4 Å². The second-order valence-corrected chi connectivity index (χ2v) is 23.3. The van der Waals surface area contributed by atoms with Crippen molar-refractivity contribution in [3.63, 3.8) is 0 Å². The molecular formula is C65H117N2O7P. The molecule has 1 N–H and O–H groups in total.